The van der Waals surface area contributed by atoms with Crippen molar-refractivity contribution >= 4 is 22.3 Å². The molecular formula is C16H18N2OS. The van der Waals surface area contributed by atoms with Crippen LogP contribution in [0.2, 0.25) is 0 Å². The van der Waals surface area contributed by atoms with Crippen LogP contribution in [-0.4, -0.2) is 11.5 Å². The lowest BCUT2D eigenvalue weighted by atomic mass is 10.2. The largest absolute Gasteiger partial charge is 0.454 e. The van der Waals surface area contributed by atoms with Crippen LogP contribution in [0.5, 0.6) is 0 Å². The third kappa shape index (κ3) is 2.62. The number of nitrogens with zero attached hydrogens (tertiary/aromatic N) is 1. The quantitative estimate of drug-likeness (QED) is 0.708. The molecule has 3 aromatic rings. The SMILES string of the molecule is CCCNCc1sc(-c2cc3ccccc3o2)nc1C. The molecule has 3 nitrogen and oxygen atoms in total. The third-order valence-corrected chi connectivity index (χ3v) is 4.41. The van der Waals surface area contributed by atoms with Crippen molar-refractivity contribution in [3.8, 4) is 10.8 Å². The van der Waals surface area contributed by atoms with Crippen LogP contribution in [0.3, 0.4) is 0 Å². The van der Waals surface area contributed by atoms with Gasteiger partial charge < -0.3 is 9.73 Å². The standard InChI is InChI=1S/C16H18N2OS/c1-3-8-17-10-15-11(2)18-16(20-15)14-9-12-6-4-5-7-13(12)19-14/h4-7,9,17H,3,8,10H2,1-2H3. The molecule has 0 aliphatic rings. The molecule has 1 aromatic carbocycles. The van der Waals surface area contributed by atoms with Gasteiger partial charge in [-0.25, -0.2) is 4.98 Å². The number of hydrogen-bond acceptors (Lipinski definition) is 4. The molecule has 0 saturated heterocycles. The lowest BCUT2D eigenvalue weighted by Gasteiger charge is -1.99. The first kappa shape index (κ1) is 13.3. The fourth-order valence-corrected chi connectivity index (χ4v) is 3.15. The van der Waals surface area contributed by atoms with E-state index in [9.17, 15) is 0 Å². The highest BCUT2D eigenvalue weighted by Crippen LogP contribution is 2.32. The van der Waals surface area contributed by atoms with Crippen LogP contribution < -0.4 is 5.32 Å². The van der Waals surface area contributed by atoms with Crippen LogP contribution in [0.25, 0.3) is 21.7 Å². The summed E-state index contributed by atoms with van der Waals surface area (Å²) in [6.45, 7) is 6.16. The van der Waals surface area contributed by atoms with E-state index in [1.54, 1.807) is 11.3 Å². The maximum atomic E-state index is 5.88. The zero-order valence-corrected chi connectivity index (χ0v) is 12.6. The Balaban J connectivity index is 1.88. The Kier molecular flexibility index (Phi) is 3.85. The lowest BCUT2D eigenvalue weighted by molar-refractivity contribution is 0.630. The molecule has 20 heavy (non-hydrogen) atoms. The fraction of sp³-hybridized carbons (Fsp3) is 0.312. The van der Waals surface area contributed by atoms with E-state index in [4.69, 9.17) is 4.42 Å². The van der Waals surface area contributed by atoms with Crippen molar-refractivity contribution < 1.29 is 4.42 Å². The number of hydrogen-bond donors (Lipinski definition) is 1. The molecule has 104 valence electrons. The molecule has 0 aliphatic heterocycles. The van der Waals surface area contributed by atoms with Gasteiger partial charge in [0.1, 0.15) is 5.58 Å². The Morgan fingerprint density at radius 1 is 1.30 bits per heavy atom. The van der Waals surface area contributed by atoms with Gasteiger partial charge in [-0.15, -0.1) is 11.3 Å². The summed E-state index contributed by atoms with van der Waals surface area (Å²) in [6.07, 6.45) is 1.15. The van der Waals surface area contributed by atoms with Crippen molar-refractivity contribution in [1.82, 2.24) is 10.3 Å². The highest BCUT2D eigenvalue weighted by Gasteiger charge is 2.13. The lowest BCUT2D eigenvalue weighted by Crippen LogP contribution is -2.13. The first-order chi connectivity index (χ1) is 9.78. The normalized spacial score (nSPS) is 11.3. The number of thiazole rings is 1. The fourth-order valence-electron chi connectivity index (χ4n) is 2.16. The predicted molar refractivity (Wildman–Crippen MR) is 84.1 cm³/mol. The van der Waals surface area contributed by atoms with Gasteiger partial charge in [-0.2, -0.15) is 0 Å². The monoisotopic (exact) mass is 286 g/mol. The Morgan fingerprint density at radius 3 is 2.95 bits per heavy atom. The van der Waals surface area contributed by atoms with Gasteiger partial charge in [-0.1, -0.05) is 25.1 Å². The Hall–Kier alpha value is -1.65. The van der Waals surface area contributed by atoms with Crippen LogP contribution in [0, 0.1) is 6.92 Å². The summed E-state index contributed by atoms with van der Waals surface area (Å²) in [5, 5.41) is 5.51. The number of aromatic nitrogens is 1. The average molecular weight is 286 g/mol. The van der Waals surface area contributed by atoms with Gasteiger partial charge in [0.05, 0.1) is 5.69 Å². The number of nitrogens with one attached hydrogen (secondary N) is 1. The summed E-state index contributed by atoms with van der Waals surface area (Å²) in [5.74, 6) is 0.862. The Labute approximate surface area is 122 Å². The number of para-hydroxylation sites is 1. The molecule has 0 fully saturated rings. The second-order valence-electron chi connectivity index (χ2n) is 4.85. The van der Waals surface area contributed by atoms with Crippen LogP contribution in [-0.2, 0) is 6.54 Å². The van der Waals surface area contributed by atoms with Crippen molar-refractivity contribution in [2.45, 2.75) is 26.8 Å². The molecule has 0 radical (unpaired) electrons. The van der Waals surface area contributed by atoms with Crippen LogP contribution in [0.1, 0.15) is 23.9 Å². The molecule has 0 amide bonds. The van der Waals surface area contributed by atoms with Gasteiger partial charge in [0.15, 0.2) is 10.8 Å². The molecule has 0 atom stereocenters. The minimum absolute atomic E-state index is 0.862. The van der Waals surface area contributed by atoms with Crippen LogP contribution >= 0.6 is 11.3 Å². The molecular weight excluding hydrogens is 268 g/mol. The van der Waals surface area contributed by atoms with E-state index >= 15 is 0 Å². The molecule has 0 unspecified atom stereocenters. The summed E-state index contributed by atoms with van der Waals surface area (Å²) in [5.41, 5.74) is 2.01. The second-order valence-corrected chi connectivity index (χ2v) is 5.94. The third-order valence-electron chi connectivity index (χ3n) is 3.24. The van der Waals surface area contributed by atoms with E-state index in [1.807, 2.05) is 18.2 Å². The van der Waals surface area contributed by atoms with E-state index in [0.717, 1.165) is 46.9 Å². The number of furan rings is 1. The van der Waals surface area contributed by atoms with Crippen molar-refractivity contribution in [3.05, 3.63) is 40.9 Å². The zero-order valence-electron chi connectivity index (χ0n) is 11.8. The molecule has 2 heterocycles. The summed E-state index contributed by atoms with van der Waals surface area (Å²) in [4.78, 5) is 5.93. The summed E-state index contributed by atoms with van der Waals surface area (Å²) >= 11 is 1.71. The minimum Gasteiger partial charge on any atom is -0.454 e. The van der Waals surface area contributed by atoms with Crippen molar-refractivity contribution in [2.24, 2.45) is 0 Å². The molecule has 0 spiro atoms. The van der Waals surface area contributed by atoms with E-state index in [1.165, 1.54) is 4.88 Å². The zero-order chi connectivity index (χ0) is 13.9. The van der Waals surface area contributed by atoms with E-state index in [0.29, 0.717) is 0 Å². The summed E-state index contributed by atoms with van der Waals surface area (Å²) in [6, 6.07) is 10.1. The Bertz CT molecular complexity index is 681. The molecule has 0 bridgehead atoms. The molecule has 1 N–H and O–H groups in total. The van der Waals surface area contributed by atoms with Crippen molar-refractivity contribution in [2.75, 3.05) is 6.54 Å². The van der Waals surface area contributed by atoms with Gasteiger partial charge in [0.2, 0.25) is 0 Å². The van der Waals surface area contributed by atoms with E-state index in [2.05, 4.69) is 36.3 Å². The highest BCUT2D eigenvalue weighted by atomic mass is 32.1. The molecule has 4 heteroatoms. The van der Waals surface area contributed by atoms with Crippen molar-refractivity contribution in [3.63, 3.8) is 0 Å². The number of rotatable bonds is 5. The minimum atomic E-state index is 0.862. The topological polar surface area (TPSA) is 38.1 Å². The van der Waals surface area contributed by atoms with Gasteiger partial charge in [-0.05, 0) is 32.0 Å². The molecule has 3 rings (SSSR count). The summed E-state index contributed by atoms with van der Waals surface area (Å²) in [7, 11) is 0. The second kappa shape index (κ2) is 5.77. The van der Waals surface area contributed by atoms with E-state index < -0.39 is 0 Å². The van der Waals surface area contributed by atoms with Crippen LogP contribution in [0.15, 0.2) is 34.7 Å². The maximum absolute atomic E-state index is 5.88. The number of benzene rings is 1. The first-order valence-corrected chi connectivity index (χ1v) is 7.75. The van der Waals surface area contributed by atoms with E-state index in [-0.39, 0.29) is 0 Å². The molecule has 0 saturated carbocycles. The van der Waals surface area contributed by atoms with Gasteiger partial charge in [-0.3, -0.25) is 0 Å². The molecule has 2 aromatic heterocycles. The van der Waals surface area contributed by atoms with Crippen LogP contribution in [0.4, 0.5) is 0 Å². The maximum Gasteiger partial charge on any atom is 0.164 e. The van der Waals surface area contributed by atoms with Gasteiger partial charge in [0, 0.05) is 16.8 Å². The first-order valence-electron chi connectivity index (χ1n) is 6.94. The molecule has 0 aliphatic carbocycles. The van der Waals surface area contributed by atoms with Gasteiger partial charge >= 0.3 is 0 Å². The number of fused-ring (bicyclic) bond motifs is 1. The smallest absolute Gasteiger partial charge is 0.164 e. The van der Waals surface area contributed by atoms with Gasteiger partial charge in [0.25, 0.3) is 0 Å². The number of aryl methyl sites for hydroxylation is 1. The highest BCUT2D eigenvalue weighted by molar-refractivity contribution is 7.15. The average Bonchev–Trinajstić information content (AvgIpc) is 3.03. The predicted octanol–water partition coefficient (Wildman–Crippen LogP) is 4.36. The summed E-state index contributed by atoms with van der Waals surface area (Å²) < 4.78 is 5.88. The van der Waals surface area contributed by atoms with Crippen molar-refractivity contribution in [1.29, 1.82) is 0 Å². The Morgan fingerprint density at radius 2 is 2.15 bits per heavy atom.